The van der Waals surface area contributed by atoms with Crippen LogP contribution in [0.2, 0.25) is 0 Å². The first kappa shape index (κ1) is 16.4. The summed E-state index contributed by atoms with van der Waals surface area (Å²) in [7, 11) is -1.43. The van der Waals surface area contributed by atoms with Crippen LogP contribution < -0.4 is 10.5 Å². The molecule has 0 spiro atoms. The first-order valence-corrected chi connectivity index (χ1v) is 9.62. The first-order valence-electron chi connectivity index (χ1n) is 6.52. The van der Waals surface area contributed by atoms with Crippen LogP contribution in [-0.4, -0.2) is 39.5 Å². The van der Waals surface area contributed by atoms with Gasteiger partial charge in [-0.25, -0.2) is 13.1 Å². The maximum atomic E-state index is 12.5. The lowest BCUT2D eigenvalue weighted by Crippen LogP contribution is -2.48. The van der Waals surface area contributed by atoms with Crippen LogP contribution in [0.5, 0.6) is 0 Å². The molecule has 2 atom stereocenters. The lowest BCUT2D eigenvalue weighted by molar-refractivity contribution is 0.188. The Hall–Kier alpha value is 0.01000. The SMILES string of the molecule is CC1CN(C)CCC1NS(=O)(=O)c1cc(CN)sc1Br. The number of piperidine rings is 1. The molecule has 3 N–H and O–H groups in total. The molecule has 5 nitrogen and oxygen atoms in total. The minimum absolute atomic E-state index is 0.00988. The lowest BCUT2D eigenvalue weighted by atomic mass is 9.95. The maximum absolute atomic E-state index is 12.5. The average Bonchev–Trinajstić information content (AvgIpc) is 2.75. The standard InChI is InChI=1S/C12H20BrN3O2S2/c1-8-7-16(2)4-3-10(8)15-20(17,18)11-5-9(6-14)19-12(11)13/h5,8,10,15H,3-4,6-7,14H2,1-2H3. The zero-order chi connectivity index (χ0) is 14.9. The van der Waals surface area contributed by atoms with Crippen molar-refractivity contribution < 1.29 is 8.42 Å². The van der Waals surface area contributed by atoms with Crippen molar-refractivity contribution in [2.75, 3.05) is 20.1 Å². The zero-order valence-electron chi connectivity index (χ0n) is 11.6. The van der Waals surface area contributed by atoms with E-state index >= 15 is 0 Å². The predicted molar refractivity (Wildman–Crippen MR) is 85.3 cm³/mol. The van der Waals surface area contributed by atoms with Crippen molar-refractivity contribution in [3.8, 4) is 0 Å². The number of rotatable bonds is 4. The van der Waals surface area contributed by atoms with E-state index in [0.29, 0.717) is 21.1 Å². The van der Waals surface area contributed by atoms with Gasteiger partial charge in [0, 0.05) is 24.0 Å². The molecule has 1 saturated heterocycles. The Morgan fingerprint density at radius 2 is 2.30 bits per heavy atom. The topological polar surface area (TPSA) is 75.4 Å². The molecule has 114 valence electrons. The van der Waals surface area contributed by atoms with Gasteiger partial charge < -0.3 is 10.6 Å². The normalized spacial score (nSPS) is 25.0. The minimum Gasteiger partial charge on any atom is -0.326 e. The van der Waals surface area contributed by atoms with Crippen LogP contribution in [0.1, 0.15) is 18.2 Å². The summed E-state index contributed by atoms with van der Waals surface area (Å²) < 4.78 is 28.4. The van der Waals surface area contributed by atoms with Gasteiger partial charge in [-0.05, 0) is 47.9 Å². The van der Waals surface area contributed by atoms with Crippen molar-refractivity contribution in [3.05, 3.63) is 14.7 Å². The van der Waals surface area contributed by atoms with E-state index in [1.54, 1.807) is 6.07 Å². The van der Waals surface area contributed by atoms with Crippen LogP contribution in [0.25, 0.3) is 0 Å². The molecule has 0 aliphatic carbocycles. The molecule has 20 heavy (non-hydrogen) atoms. The van der Waals surface area contributed by atoms with E-state index in [0.717, 1.165) is 24.4 Å². The fourth-order valence-corrected chi connectivity index (χ4v) is 6.41. The number of hydrogen-bond donors (Lipinski definition) is 2. The summed E-state index contributed by atoms with van der Waals surface area (Å²) in [4.78, 5) is 3.38. The van der Waals surface area contributed by atoms with Gasteiger partial charge in [-0.2, -0.15) is 0 Å². The molecule has 0 saturated carbocycles. The van der Waals surface area contributed by atoms with Crippen molar-refractivity contribution in [2.24, 2.45) is 11.7 Å². The quantitative estimate of drug-likeness (QED) is 0.829. The van der Waals surface area contributed by atoms with E-state index in [1.165, 1.54) is 11.3 Å². The highest BCUT2D eigenvalue weighted by Gasteiger charge is 2.30. The first-order chi connectivity index (χ1) is 9.33. The molecule has 1 aliphatic rings. The van der Waals surface area contributed by atoms with Gasteiger partial charge in [-0.15, -0.1) is 11.3 Å². The van der Waals surface area contributed by atoms with Gasteiger partial charge in [0.2, 0.25) is 10.0 Å². The summed E-state index contributed by atoms with van der Waals surface area (Å²) in [6, 6.07) is 1.64. The lowest BCUT2D eigenvalue weighted by Gasteiger charge is -2.34. The van der Waals surface area contributed by atoms with Crippen molar-refractivity contribution in [2.45, 2.75) is 30.8 Å². The van der Waals surface area contributed by atoms with E-state index in [2.05, 4.69) is 39.5 Å². The van der Waals surface area contributed by atoms with E-state index in [9.17, 15) is 8.42 Å². The molecular weight excluding hydrogens is 362 g/mol. The fraction of sp³-hybridized carbons (Fsp3) is 0.667. The number of likely N-dealkylation sites (tertiary alicyclic amines) is 1. The zero-order valence-corrected chi connectivity index (χ0v) is 14.8. The van der Waals surface area contributed by atoms with Crippen molar-refractivity contribution in [1.29, 1.82) is 0 Å². The molecule has 0 amide bonds. The molecule has 1 fully saturated rings. The molecule has 2 heterocycles. The third-order valence-corrected chi connectivity index (χ3v) is 7.38. The van der Waals surface area contributed by atoms with E-state index in [-0.39, 0.29) is 6.04 Å². The van der Waals surface area contributed by atoms with Crippen LogP contribution in [-0.2, 0) is 16.6 Å². The summed E-state index contributed by atoms with van der Waals surface area (Å²) in [5.74, 6) is 0.301. The largest absolute Gasteiger partial charge is 0.326 e. The van der Waals surface area contributed by atoms with Crippen LogP contribution >= 0.6 is 27.3 Å². The Kier molecular flexibility index (Phi) is 5.25. The Labute approximate surface area is 132 Å². The molecule has 2 unspecified atom stereocenters. The summed E-state index contributed by atoms with van der Waals surface area (Å²) in [5, 5.41) is 0. The number of nitrogens with one attached hydrogen (secondary N) is 1. The average molecular weight is 382 g/mol. The van der Waals surface area contributed by atoms with Crippen molar-refractivity contribution in [1.82, 2.24) is 9.62 Å². The fourth-order valence-electron chi connectivity index (χ4n) is 2.47. The van der Waals surface area contributed by atoms with Gasteiger partial charge >= 0.3 is 0 Å². The highest BCUT2D eigenvalue weighted by Crippen LogP contribution is 2.32. The van der Waals surface area contributed by atoms with Gasteiger partial charge in [-0.3, -0.25) is 0 Å². The van der Waals surface area contributed by atoms with E-state index in [4.69, 9.17) is 5.73 Å². The summed E-state index contributed by atoms with van der Waals surface area (Å²) >= 11 is 4.69. The van der Waals surface area contributed by atoms with Crippen molar-refractivity contribution >= 4 is 37.3 Å². The van der Waals surface area contributed by atoms with Crippen LogP contribution in [0, 0.1) is 5.92 Å². The molecule has 1 aromatic rings. The van der Waals surface area contributed by atoms with Gasteiger partial charge in [-0.1, -0.05) is 6.92 Å². The maximum Gasteiger partial charge on any atom is 0.242 e. The summed E-state index contributed by atoms with van der Waals surface area (Å²) in [6.07, 6.45) is 0.836. The van der Waals surface area contributed by atoms with Crippen molar-refractivity contribution in [3.63, 3.8) is 0 Å². The Morgan fingerprint density at radius 3 is 2.85 bits per heavy atom. The number of nitrogens with two attached hydrogens (primary N) is 1. The van der Waals surface area contributed by atoms with Gasteiger partial charge in [0.25, 0.3) is 0 Å². The molecule has 0 bridgehead atoms. The monoisotopic (exact) mass is 381 g/mol. The molecule has 1 aromatic heterocycles. The third kappa shape index (κ3) is 3.61. The van der Waals surface area contributed by atoms with Gasteiger partial charge in [0.05, 0.1) is 3.79 Å². The van der Waals surface area contributed by atoms with Gasteiger partial charge in [0.15, 0.2) is 0 Å². The molecule has 2 rings (SSSR count). The molecule has 8 heteroatoms. The highest BCUT2D eigenvalue weighted by atomic mass is 79.9. The molecule has 1 aliphatic heterocycles. The van der Waals surface area contributed by atoms with Crippen LogP contribution in [0.4, 0.5) is 0 Å². The van der Waals surface area contributed by atoms with Crippen LogP contribution in [0.15, 0.2) is 14.7 Å². The molecule has 0 radical (unpaired) electrons. The second-order valence-corrected chi connectivity index (χ2v) is 9.45. The number of sulfonamides is 1. The summed E-state index contributed by atoms with van der Waals surface area (Å²) in [5.41, 5.74) is 5.57. The Morgan fingerprint density at radius 1 is 1.60 bits per heavy atom. The highest BCUT2D eigenvalue weighted by molar-refractivity contribution is 9.11. The second-order valence-electron chi connectivity index (χ2n) is 5.31. The Bertz CT molecular complexity index is 573. The number of hydrogen-bond acceptors (Lipinski definition) is 5. The van der Waals surface area contributed by atoms with E-state index < -0.39 is 10.0 Å². The number of halogens is 1. The number of nitrogens with zero attached hydrogens (tertiary/aromatic N) is 1. The number of thiophene rings is 1. The predicted octanol–water partition coefficient (Wildman–Crippen LogP) is 1.59. The van der Waals surface area contributed by atoms with Gasteiger partial charge in [0.1, 0.15) is 4.90 Å². The molecular formula is C12H20BrN3O2S2. The van der Waals surface area contributed by atoms with Crippen LogP contribution in [0.3, 0.4) is 0 Å². The Balaban J connectivity index is 2.16. The molecule has 0 aromatic carbocycles. The smallest absolute Gasteiger partial charge is 0.242 e. The minimum atomic E-state index is -3.49. The second kappa shape index (κ2) is 6.41. The third-order valence-electron chi connectivity index (χ3n) is 3.61. The van der Waals surface area contributed by atoms with E-state index in [1.807, 2.05) is 0 Å². The summed E-state index contributed by atoms with van der Waals surface area (Å²) in [6.45, 7) is 4.25.